The van der Waals surface area contributed by atoms with Gasteiger partial charge in [0, 0.05) is 25.0 Å². The van der Waals surface area contributed by atoms with Crippen molar-refractivity contribution in [3.63, 3.8) is 0 Å². The minimum atomic E-state index is -3.83. The molecule has 260 valence electrons. The summed E-state index contributed by atoms with van der Waals surface area (Å²) in [6.07, 6.45) is -0.667. The fraction of sp³-hybridized carbons (Fsp3) is 0.220. The van der Waals surface area contributed by atoms with E-state index in [1.165, 1.54) is 0 Å². The zero-order valence-electron chi connectivity index (χ0n) is 28.1. The highest BCUT2D eigenvalue weighted by atomic mass is 32.2. The minimum Gasteiger partial charge on any atom is -0.497 e. The third-order valence-electron chi connectivity index (χ3n) is 9.39. The van der Waals surface area contributed by atoms with Crippen LogP contribution in [0.4, 0.5) is 0 Å². The van der Waals surface area contributed by atoms with Crippen molar-refractivity contribution in [1.29, 1.82) is 0 Å². The van der Waals surface area contributed by atoms with Gasteiger partial charge in [-0.15, -0.1) is 0 Å². The summed E-state index contributed by atoms with van der Waals surface area (Å²) in [7, 11) is -2.27. The number of aliphatic imine (C=N–C) groups is 1. The lowest BCUT2D eigenvalue weighted by Crippen LogP contribution is -2.50. The molecule has 1 amide bonds. The zero-order chi connectivity index (χ0) is 35.4. The van der Waals surface area contributed by atoms with E-state index in [-0.39, 0.29) is 29.6 Å². The average Bonchev–Trinajstić information content (AvgIpc) is 3.72. The van der Waals surface area contributed by atoms with E-state index in [1.54, 1.807) is 79.9 Å². The molecule has 2 atom stereocenters. The Labute approximate surface area is 297 Å². The molecule has 0 saturated heterocycles. The Morgan fingerprint density at radius 3 is 2.18 bits per heavy atom. The summed E-state index contributed by atoms with van der Waals surface area (Å²) >= 11 is 0. The van der Waals surface area contributed by atoms with E-state index < -0.39 is 33.4 Å². The lowest BCUT2D eigenvalue weighted by Gasteiger charge is -2.32. The van der Waals surface area contributed by atoms with Crippen LogP contribution >= 0.6 is 0 Å². The summed E-state index contributed by atoms with van der Waals surface area (Å²) in [6, 6.07) is 37.9. The Morgan fingerprint density at radius 1 is 0.843 bits per heavy atom. The number of methoxy groups -OCH3 is 1. The second kappa shape index (κ2) is 14.4. The summed E-state index contributed by atoms with van der Waals surface area (Å²) in [5.74, 6) is 0.532. The molecule has 5 aromatic carbocycles. The maximum absolute atomic E-state index is 15.1. The van der Waals surface area contributed by atoms with E-state index in [4.69, 9.17) is 24.3 Å². The molecule has 1 heterocycles. The molecule has 5 aromatic rings. The quantitative estimate of drug-likeness (QED) is 0.135. The first-order chi connectivity index (χ1) is 24.8. The summed E-state index contributed by atoms with van der Waals surface area (Å²) in [6.45, 7) is 0.383. The molecule has 2 N–H and O–H groups in total. The number of sulfone groups is 1. The third kappa shape index (κ3) is 6.72. The van der Waals surface area contributed by atoms with Gasteiger partial charge in [-0.2, -0.15) is 0 Å². The fourth-order valence-corrected chi connectivity index (χ4v) is 8.17. The number of nitrogens with zero attached hydrogens (tertiary/aromatic N) is 1. The van der Waals surface area contributed by atoms with Gasteiger partial charge in [0.05, 0.1) is 30.4 Å². The fourth-order valence-electron chi connectivity index (χ4n) is 6.78. The van der Waals surface area contributed by atoms with Crippen LogP contribution in [0, 0.1) is 0 Å². The molecule has 9 nitrogen and oxygen atoms in total. The predicted molar refractivity (Wildman–Crippen MR) is 195 cm³/mol. The topological polar surface area (TPSA) is 124 Å². The molecule has 0 spiro atoms. The van der Waals surface area contributed by atoms with E-state index in [9.17, 15) is 8.42 Å². The normalized spacial score (nSPS) is 17.9. The Balaban J connectivity index is 1.33. The van der Waals surface area contributed by atoms with E-state index in [0.29, 0.717) is 35.7 Å². The minimum absolute atomic E-state index is 0.0244. The molecule has 1 aliphatic heterocycles. The first-order valence-corrected chi connectivity index (χ1v) is 18.5. The number of fused-ring (bicyclic) bond motifs is 3. The number of aliphatic hydroxyl groups is 1. The highest BCUT2D eigenvalue weighted by Crippen LogP contribution is 2.47. The van der Waals surface area contributed by atoms with Crippen LogP contribution in [0.5, 0.6) is 11.5 Å². The highest BCUT2D eigenvalue weighted by molar-refractivity contribution is 7.91. The Kier molecular flexibility index (Phi) is 9.62. The third-order valence-corrected chi connectivity index (χ3v) is 11.1. The summed E-state index contributed by atoms with van der Waals surface area (Å²) in [5, 5.41) is 12.4. The van der Waals surface area contributed by atoms with E-state index in [2.05, 4.69) is 5.32 Å². The van der Waals surface area contributed by atoms with Crippen LogP contribution in [-0.4, -0.2) is 56.9 Å². The van der Waals surface area contributed by atoms with E-state index >= 15 is 4.79 Å². The molecular weight excluding hydrogens is 665 g/mol. The van der Waals surface area contributed by atoms with Gasteiger partial charge in [-0.3, -0.25) is 4.79 Å². The van der Waals surface area contributed by atoms with Crippen LogP contribution in [0.3, 0.4) is 0 Å². The summed E-state index contributed by atoms with van der Waals surface area (Å²) in [5.41, 5.74) is 3.43. The van der Waals surface area contributed by atoms with Crippen LogP contribution in [0.25, 0.3) is 11.1 Å². The molecule has 0 fully saturated rings. The van der Waals surface area contributed by atoms with Crippen LogP contribution in [-0.2, 0) is 19.4 Å². The van der Waals surface area contributed by atoms with Crippen molar-refractivity contribution < 1.29 is 32.5 Å². The van der Waals surface area contributed by atoms with Crippen LogP contribution < -0.4 is 14.8 Å². The van der Waals surface area contributed by atoms with Crippen molar-refractivity contribution in [2.24, 2.45) is 4.99 Å². The number of carbonyl (C=O) groups is 1. The molecule has 51 heavy (non-hydrogen) atoms. The van der Waals surface area contributed by atoms with Gasteiger partial charge in [0.1, 0.15) is 11.5 Å². The Bertz CT molecular complexity index is 2120. The number of hydrogen-bond donors (Lipinski definition) is 2. The number of carbonyl (C=O) groups excluding carboxylic acids is 1. The number of amides is 1. The van der Waals surface area contributed by atoms with Gasteiger partial charge in [-0.1, -0.05) is 78.9 Å². The zero-order valence-corrected chi connectivity index (χ0v) is 28.9. The number of nitrogens with one attached hydrogen (secondary N) is 1. The summed E-state index contributed by atoms with van der Waals surface area (Å²) in [4.78, 5) is 20.4. The molecule has 7 rings (SSSR count). The molecule has 0 bridgehead atoms. The average molecular weight is 703 g/mol. The van der Waals surface area contributed by atoms with Gasteiger partial charge < -0.3 is 24.6 Å². The Hall–Kier alpha value is -5.45. The molecule has 2 aliphatic rings. The number of rotatable bonds is 13. The van der Waals surface area contributed by atoms with Gasteiger partial charge in [0.15, 0.2) is 21.5 Å². The van der Waals surface area contributed by atoms with Crippen molar-refractivity contribution >= 4 is 21.6 Å². The first-order valence-electron chi connectivity index (χ1n) is 16.8. The smallest absolute Gasteiger partial charge is 0.253 e. The van der Waals surface area contributed by atoms with Gasteiger partial charge in [0.2, 0.25) is 5.90 Å². The number of aliphatic hydroxyl groups excluding tert-OH is 1. The second-order valence-corrected chi connectivity index (χ2v) is 14.6. The van der Waals surface area contributed by atoms with Crippen LogP contribution in [0.2, 0.25) is 0 Å². The van der Waals surface area contributed by atoms with Crippen molar-refractivity contribution in [3.05, 3.63) is 150 Å². The molecule has 0 aromatic heterocycles. The van der Waals surface area contributed by atoms with Crippen LogP contribution in [0.1, 0.15) is 47.2 Å². The lowest BCUT2D eigenvalue weighted by atomic mass is 9.84. The first kappa shape index (κ1) is 34.0. The predicted octanol–water partition coefficient (Wildman–Crippen LogP) is 6.46. The Morgan fingerprint density at radius 2 is 1.51 bits per heavy atom. The van der Waals surface area contributed by atoms with Crippen LogP contribution in [0.15, 0.2) is 137 Å². The standard InChI is InChI=1S/C41H38N2O7S/c1-48-31-12-9-11-29(27-31)38-41(23-26-51(46,47)32-13-3-2-4-14-32,43-39(50-38)28-19-21-30(22-20-28)49-25-10-24-44)40(45)42-37-35-17-7-5-15-33(35)34-16-6-8-18-36(34)37/h2-9,11-22,27,37-38,44H,10,23-26H2,1H3,(H,42,45)/t38-,41-/m1/s1. The van der Waals surface area contributed by atoms with Crippen molar-refractivity contribution in [1.82, 2.24) is 5.32 Å². The molecule has 0 unspecified atom stereocenters. The largest absolute Gasteiger partial charge is 0.497 e. The van der Waals surface area contributed by atoms with Gasteiger partial charge in [-0.25, -0.2) is 13.4 Å². The summed E-state index contributed by atoms with van der Waals surface area (Å²) < 4.78 is 45.5. The molecular formula is C41H38N2O7S. The van der Waals surface area contributed by atoms with Gasteiger partial charge in [-0.05, 0) is 76.3 Å². The molecule has 0 saturated carbocycles. The van der Waals surface area contributed by atoms with Crippen molar-refractivity contribution in [2.45, 2.75) is 35.4 Å². The molecule has 1 aliphatic carbocycles. The van der Waals surface area contributed by atoms with E-state index in [0.717, 1.165) is 22.3 Å². The monoisotopic (exact) mass is 702 g/mol. The number of benzene rings is 5. The van der Waals surface area contributed by atoms with Gasteiger partial charge >= 0.3 is 0 Å². The van der Waals surface area contributed by atoms with Gasteiger partial charge in [0.25, 0.3) is 5.91 Å². The maximum Gasteiger partial charge on any atom is 0.253 e. The SMILES string of the molecule is COc1cccc([C@H]2OC(c3ccc(OCCCO)cc3)=N[C@@]2(CCS(=O)(=O)c2ccccc2)C(=O)NC2c3ccccc3-c3ccccc32)c1. The van der Waals surface area contributed by atoms with Crippen molar-refractivity contribution in [2.75, 3.05) is 26.1 Å². The molecule has 0 radical (unpaired) electrons. The lowest BCUT2D eigenvalue weighted by molar-refractivity contribution is -0.129. The molecule has 10 heteroatoms. The van der Waals surface area contributed by atoms with E-state index in [1.807, 2.05) is 54.6 Å². The number of ether oxygens (including phenoxy) is 3. The number of hydrogen-bond acceptors (Lipinski definition) is 8. The highest BCUT2D eigenvalue weighted by Gasteiger charge is 2.54. The second-order valence-electron chi connectivity index (χ2n) is 12.5. The van der Waals surface area contributed by atoms with Crippen molar-refractivity contribution in [3.8, 4) is 22.6 Å². The maximum atomic E-state index is 15.1.